The van der Waals surface area contributed by atoms with Crippen LogP contribution >= 0.6 is 0 Å². The monoisotopic (exact) mass is 343 g/mol. The van der Waals surface area contributed by atoms with E-state index in [1.807, 2.05) is 26.0 Å². The number of ether oxygens (including phenoxy) is 2. The van der Waals surface area contributed by atoms with E-state index in [-0.39, 0.29) is 12.0 Å². The van der Waals surface area contributed by atoms with Gasteiger partial charge in [-0.25, -0.2) is 4.79 Å². The SMILES string of the molecule is CC(C)OCc1ccc(C(=O)Nc2cccc(OCC(=O)O)c2)cc1. The topological polar surface area (TPSA) is 84.9 Å². The van der Waals surface area contributed by atoms with Crippen LogP contribution in [-0.4, -0.2) is 29.7 Å². The quantitative estimate of drug-likeness (QED) is 0.768. The molecule has 0 heterocycles. The number of aliphatic carboxylic acids is 1. The van der Waals surface area contributed by atoms with E-state index in [2.05, 4.69) is 5.32 Å². The molecule has 2 N–H and O–H groups in total. The van der Waals surface area contributed by atoms with Gasteiger partial charge in [-0.2, -0.15) is 0 Å². The van der Waals surface area contributed by atoms with Crippen molar-refractivity contribution in [3.8, 4) is 5.75 Å². The maximum atomic E-state index is 12.3. The number of carbonyl (C=O) groups excluding carboxylic acids is 1. The van der Waals surface area contributed by atoms with Crippen LogP contribution < -0.4 is 10.1 Å². The fourth-order valence-electron chi connectivity index (χ4n) is 2.03. The normalized spacial score (nSPS) is 10.5. The molecule has 0 fully saturated rings. The molecule has 0 atom stereocenters. The van der Waals surface area contributed by atoms with Crippen molar-refractivity contribution < 1.29 is 24.2 Å². The summed E-state index contributed by atoms with van der Waals surface area (Å²) >= 11 is 0. The molecule has 0 spiro atoms. The third-order valence-electron chi connectivity index (χ3n) is 3.25. The molecule has 0 aliphatic heterocycles. The molecule has 2 aromatic rings. The lowest BCUT2D eigenvalue weighted by Gasteiger charge is -2.09. The zero-order valence-corrected chi connectivity index (χ0v) is 14.2. The third-order valence-corrected chi connectivity index (χ3v) is 3.25. The minimum Gasteiger partial charge on any atom is -0.482 e. The minimum absolute atomic E-state index is 0.151. The largest absolute Gasteiger partial charge is 0.482 e. The van der Waals surface area contributed by atoms with Crippen molar-refractivity contribution in [3.05, 3.63) is 59.7 Å². The molecule has 132 valence electrons. The second-order valence-corrected chi connectivity index (χ2v) is 5.72. The number of rotatable bonds is 8. The molecule has 0 saturated carbocycles. The first-order valence-electron chi connectivity index (χ1n) is 7.90. The number of carboxylic acids is 1. The van der Waals surface area contributed by atoms with Crippen LogP contribution in [0.1, 0.15) is 29.8 Å². The van der Waals surface area contributed by atoms with E-state index < -0.39 is 12.6 Å². The lowest BCUT2D eigenvalue weighted by atomic mass is 10.1. The molecule has 1 amide bonds. The summed E-state index contributed by atoms with van der Waals surface area (Å²) in [5.74, 6) is -0.941. The molecule has 2 aromatic carbocycles. The molecule has 0 bridgehead atoms. The number of carboxylic acid groups (broad SMARTS) is 1. The zero-order chi connectivity index (χ0) is 18.2. The highest BCUT2D eigenvalue weighted by Gasteiger charge is 2.08. The maximum Gasteiger partial charge on any atom is 0.341 e. The number of carbonyl (C=O) groups is 2. The number of anilines is 1. The number of amides is 1. The van der Waals surface area contributed by atoms with Crippen LogP contribution in [0.4, 0.5) is 5.69 Å². The molecule has 0 aliphatic carbocycles. The maximum absolute atomic E-state index is 12.3. The summed E-state index contributed by atoms with van der Waals surface area (Å²) < 4.78 is 10.6. The highest BCUT2D eigenvalue weighted by atomic mass is 16.5. The molecule has 0 aromatic heterocycles. The summed E-state index contributed by atoms with van der Waals surface area (Å²) in [5.41, 5.74) is 2.04. The van der Waals surface area contributed by atoms with Gasteiger partial charge in [0.2, 0.25) is 0 Å². The fourth-order valence-corrected chi connectivity index (χ4v) is 2.03. The summed E-state index contributed by atoms with van der Waals surface area (Å²) in [6.07, 6.45) is 0.151. The molecule has 25 heavy (non-hydrogen) atoms. The van der Waals surface area contributed by atoms with Crippen molar-refractivity contribution in [1.82, 2.24) is 0 Å². The number of hydrogen-bond acceptors (Lipinski definition) is 4. The number of benzene rings is 2. The number of nitrogens with one attached hydrogen (secondary N) is 1. The van der Waals surface area contributed by atoms with Gasteiger partial charge in [-0.05, 0) is 43.7 Å². The Balaban J connectivity index is 1.97. The molecule has 0 saturated heterocycles. The van der Waals surface area contributed by atoms with Gasteiger partial charge in [0.25, 0.3) is 5.91 Å². The second-order valence-electron chi connectivity index (χ2n) is 5.72. The van der Waals surface area contributed by atoms with Crippen molar-refractivity contribution in [2.75, 3.05) is 11.9 Å². The lowest BCUT2D eigenvalue weighted by Crippen LogP contribution is -2.13. The van der Waals surface area contributed by atoms with Crippen LogP contribution in [0.5, 0.6) is 5.75 Å². The van der Waals surface area contributed by atoms with E-state index in [9.17, 15) is 9.59 Å². The molecule has 0 aliphatic rings. The van der Waals surface area contributed by atoms with Crippen molar-refractivity contribution in [1.29, 1.82) is 0 Å². The Morgan fingerprint density at radius 2 is 1.84 bits per heavy atom. The van der Waals surface area contributed by atoms with Crippen molar-refractivity contribution in [2.45, 2.75) is 26.6 Å². The Labute approximate surface area is 146 Å². The highest BCUT2D eigenvalue weighted by molar-refractivity contribution is 6.04. The van der Waals surface area contributed by atoms with Crippen LogP contribution in [0.25, 0.3) is 0 Å². The summed E-state index contributed by atoms with van der Waals surface area (Å²) in [7, 11) is 0. The molecule has 6 heteroatoms. The summed E-state index contributed by atoms with van der Waals surface area (Å²) in [5, 5.41) is 11.4. The van der Waals surface area contributed by atoms with Crippen LogP contribution in [-0.2, 0) is 16.1 Å². The van der Waals surface area contributed by atoms with Gasteiger partial charge in [-0.15, -0.1) is 0 Å². The molecular formula is C19H21NO5. The Bertz CT molecular complexity index is 725. The second kappa shape index (κ2) is 8.84. The van der Waals surface area contributed by atoms with Gasteiger partial charge >= 0.3 is 5.97 Å². The van der Waals surface area contributed by atoms with Crippen LogP contribution in [0.15, 0.2) is 48.5 Å². The molecule has 0 unspecified atom stereocenters. The Hall–Kier alpha value is -2.86. The smallest absolute Gasteiger partial charge is 0.341 e. The van der Waals surface area contributed by atoms with Gasteiger partial charge in [0, 0.05) is 17.3 Å². The van der Waals surface area contributed by atoms with Crippen molar-refractivity contribution in [2.24, 2.45) is 0 Å². The first-order valence-corrected chi connectivity index (χ1v) is 7.90. The average Bonchev–Trinajstić information content (AvgIpc) is 2.59. The predicted molar refractivity (Wildman–Crippen MR) is 93.9 cm³/mol. The van der Waals surface area contributed by atoms with E-state index in [0.29, 0.717) is 23.6 Å². The van der Waals surface area contributed by atoms with Crippen molar-refractivity contribution in [3.63, 3.8) is 0 Å². The van der Waals surface area contributed by atoms with Crippen molar-refractivity contribution >= 4 is 17.6 Å². The summed E-state index contributed by atoms with van der Waals surface area (Å²) in [6.45, 7) is 4.01. The van der Waals surface area contributed by atoms with E-state index in [1.165, 1.54) is 0 Å². The molecule has 0 radical (unpaired) electrons. The third kappa shape index (κ3) is 6.27. The summed E-state index contributed by atoms with van der Waals surface area (Å²) in [6, 6.07) is 13.8. The Kier molecular flexibility index (Phi) is 6.54. The van der Waals surface area contributed by atoms with Gasteiger partial charge < -0.3 is 19.9 Å². The van der Waals surface area contributed by atoms with E-state index in [1.54, 1.807) is 36.4 Å². The number of hydrogen-bond donors (Lipinski definition) is 2. The lowest BCUT2D eigenvalue weighted by molar-refractivity contribution is -0.139. The van der Waals surface area contributed by atoms with Crippen LogP contribution in [0.3, 0.4) is 0 Å². The van der Waals surface area contributed by atoms with Gasteiger partial charge in [-0.3, -0.25) is 4.79 Å². The van der Waals surface area contributed by atoms with E-state index in [0.717, 1.165) is 5.56 Å². The average molecular weight is 343 g/mol. The molecule has 6 nitrogen and oxygen atoms in total. The van der Waals surface area contributed by atoms with E-state index >= 15 is 0 Å². The van der Waals surface area contributed by atoms with Gasteiger partial charge in [0.1, 0.15) is 5.75 Å². The van der Waals surface area contributed by atoms with Gasteiger partial charge in [-0.1, -0.05) is 18.2 Å². The van der Waals surface area contributed by atoms with Gasteiger partial charge in [0.15, 0.2) is 6.61 Å². The minimum atomic E-state index is -1.06. The van der Waals surface area contributed by atoms with Crippen LogP contribution in [0.2, 0.25) is 0 Å². The van der Waals surface area contributed by atoms with Crippen LogP contribution in [0, 0.1) is 0 Å². The predicted octanol–water partition coefficient (Wildman–Crippen LogP) is 3.33. The highest BCUT2D eigenvalue weighted by Crippen LogP contribution is 2.18. The molecule has 2 rings (SSSR count). The Morgan fingerprint density at radius 3 is 2.48 bits per heavy atom. The first kappa shape index (κ1) is 18.5. The zero-order valence-electron chi connectivity index (χ0n) is 14.2. The van der Waals surface area contributed by atoms with E-state index in [4.69, 9.17) is 14.6 Å². The summed E-state index contributed by atoms with van der Waals surface area (Å²) in [4.78, 5) is 22.8. The molecular weight excluding hydrogens is 322 g/mol. The first-order chi connectivity index (χ1) is 11.9. The van der Waals surface area contributed by atoms with Gasteiger partial charge in [0.05, 0.1) is 12.7 Å². The Morgan fingerprint density at radius 1 is 1.12 bits per heavy atom. The standard InChI is InChI=1S/C19H21NO5/c1-13(2)24-11-14-6-8-15(9-7-14)19(23)20-16-4-3-5-17(10-16)25-12-18(21)22/h3-10,13H,11-12H2,1-2H3,(H,20,23)(H,21,22). The fraction of sp³-hybridized carbons (Fsp3) is 0.263.